The molecule has 0 amide bonds. The van der Waals surface area contributed by atoms with Crippen LogP contribution in [-0.2, 0) is 20.8 Å². The second-order valence-corrected chi connectivity index (χ2v) is 13.0. The van der Waals surface area contributed by atoms with Crippen molar-refractivity contribution in [2.24, 2.45) is 0 Å². The molecular weight excluding hydrogens is 514 g/mol. The Balaban J connectivity index is 1.70. The summed E-state index contributed by atoms with van der Waals surface area (Å²) in [5.74, 6) is -0.963. The van der Waals surface area contributed by atoms with Gasteiger partial charge in [-0.15, -0.1) is 0 Å². The van der Waals surface area contributed by atoms with E-state index in [1.807, 2.05) is 20.8 Å². The fourth-order valence-corrected chi connectivity index (χ4v) is 7.07. The minimum absolute atomic E-state index is 0.447. The number of aliphatic carboxylic acids is 1. The van der Waals surface area contributed by atoms with Gasteiger partial charge in [0.25, 0.3) is 0 Å². The largest absolute Gasteiger partial charge is 0.479 e. The molecule has 41 heavy (non-hydrogen) atoms. The lowest BCUT2D eigenvalue weighted by molar-refractivity contribution is -0.160. The summed E-state index contributed by atoms with van der Waals surface area (Å²) in [4.78, 5) is 18.0. The zero-order valence-corrected chi connectivity index (χ0v) is 26.1. The Morgan fingerprint density at radius 3 is 2.41 bits per heavy atom. The molecular formula is C34H47N3O4. The Hall–Kier alpha value is -2.87. The van der Waals surface area contributed by atoms with Crippen molar-refractivity contribution in [2.75, 3.05) is 38.3 Å². The van der Waals surface area contributed by atoms with Crippen LogP contribution in [-0.4, -0.2) is 71.6 Å². The average molecular weight is 562 g/mol. The van der Waals surface area contributed by atoms with E-state index in [1.165, 1.54) is 29.6 Å². The third-order valence-electron chi connectivity index (χ3n) is 8.97. The first-order valence-corrected chi connectivity index (χ1v) is 15.0. The molecule has 0 saturated carbocycles. The first-order valence-electron chi connectivity index (χ1n) is 15.0. The molecule has 1 saturated heterocycles. The van der Waals surface area contributed by atoms with Crippen LogP contribution in [0.4, 0.5) is 5.69 Å². The molecule has 222 valence electrons. The van der Waals surface area contributed by atoms with Crippen LogP contribution in [0.5, 0.6) is 0 Å². The zero-order valence-electron chi connectivity index (χ0n) is 26.1. The number of aromatic nitrogens is 1. The Bertz CT molecular complexity index is 1420. The number of hydrogen-bond acceptors (Lipinski definition) is 5. The molecule has 0 radical (unpaired) electrons. The molecule has 5 rings (SSSR count). The van der Waals surface area contributed by atoms with Crippen LogP contribution in [0.25, 0.3) is 22.0 Å². The monoisotopic (exact) mass is 561 g/mol. The van der Waals surface area contributed by atoms with Gasteiger partial charge in [-0.2, -0.15) is 0 Å². The Labute approximate surface area is 245 Å². The number of ether oxygens (including phenoxy) is 2. The number of carboxylic acid groups (broad SMARTS) is 1. The molecule has 0 aliphatic carbocycles. The normalized spacial score (nSPS) is 20.2. The van der Waals surface area contributed by atoms with Crippen LogP contribution in [0, 0.1) is 20.8 Å². The van der Waals surface area contributed by atoms with Gasteiger partial charge in [0.05, 0.1) is 23.4 Å². The van der Waals surface area contributed by atoms with Gasteiger partial charge in [-0.25, -0.2) is 4.79 Å². The second kappa shape index (κ2) is 11.4. The maximum Gasteiger partial charge on any atom is 0.337 e. The first kappa shape index (κ1) is 29.6. The fourth-order valence-electron chi connectivity index (χ4n) is 7.07. The molecule has 0 bridgehead atoms. The average Bonchev–Trinajstić information content (AvgIpc) is 3.43. The summed E-state index contributed by atoms with van der Waals surface area (Å²) < 4.78 is 14.3. The number of aryl methyl sites for hydroxylation is 2. The number of rotatable bonds is 9. The van der Waals surface area contributed by atoms with Crippen molar-refractivity contribution in [2.45, 2.75) is 91.6 Å². The van der Waals surface area contributed by atoms with E-state index in [2.05, 4.69) is 72.4 Å². The van der Waals surface area contributed by atoms with Crippen LogP contribution < -0.4 is 4.90 Å². The van der Waals surface area contributed by atoms with E-state index < -0.39 is 17.7 Å². The van der Waals surface area contributed by atoms with Gasteiger partial charge in [-0.1, -0.05) is 29.8 Å². The molecule has 0 spiro atoms. The van der Waals surface area contributed by atoms with Gasteiger partial charge in [0, 0.05) is 62.0 Å². The second-order valence-electron chi connectivity index (χ2n) is 13.0. The SMILES string of the molecule is COCC1CCC(C)N1CCN1CCn2c(C)cc3c(-c4ccc(C)cc4)c([C@H](OC(C)(C)C)C(=O)O)c(C)c1c32. The molecule has 7 nitrogen and oxygen atoms in total. The highest BCUT2D eigenvalue weighted by atomic mass is 16.5. The van der Waals surface area contributed by atoms with Crippen molar-refractivity contribution < 1.29 is 19.4 Å². The third kappa shape index (κ3) is 5.64. The number of hydrogen-bond donors (Lipinski definition) is 1. The smallest absolute Gasteiger partial charge is 0.337 e. The first-order chi connectivity index (χ1) is 19.4. The molecule has 3 heterocycles. The predicted molar refractivity (Wildman–Crippen MR) is 166 cm³/mol. The van der Waals surface area contributed by atoms with Gasteiger partial charge >= 0.3 is 5.97 Å². The molecule has 1 N–H and O–H groups in total. The Morgan fingerprint density at radius 1 is 1.07 bits per heavy atom. The number of carboxylic acids is 1. The van der Waals surface area contributed by atoms with Crippen LogP contribution in [0.1, 0.15) is 69.0 Å². The van der Waals surface area contributed by atoms with Crippen molar-refractivity contribution in [1.82, 2.24) is 9.47 Å². The molecule has 2 unspecified atom stereocenters. The number of nitrogens with zero attached hydrogens (tertiary/aromatic N) is 3. The van der Waals surface area contributed by atoms with E-state index in [1.54, 1.807) is 7.11 Å². The van der Waals surface area contributed by atoms with Gasteiger partial charge < -0.3 is 24.0 Å². The van der Waals surface area contributed by atoms with Gasteiger partial charge in [0.1, 0.15) is 0 Å². The van der Waals surface area contributed by atoms with Crippen molar-refractivity contribution in [3.63, 3.8) is 0 Å². The summed E-state index contributed by atoms with van der Waals surface area (Å²) in [7, 11) is 1.79. The summed E-state index contributed by atoms with van der Waals surface area (Å²) in [5, 5.41) is 11.7. The third-order valence-corrected chi connectivity index (χ3v) is 8.97. The number of anilines is 1. The lowest BCUT2D eigenvalue weighted by Gasteiger charge is -2.38. The van der Waals surface area contributed by atoms with Gasteiger partial charge in [-0.3, -0.25) is 4.90 Å². The maximum atomic E-state index is 12.9. The highest BCUT2D eigenvalue weighted by Crippen LogP contribution is 2.48. The quantitative estimate of drug-likeness (QED) is 0.322. The number of benzene rings is 2. The number of methoxy groups -OCH3 is 1. The molecule has 1 fully saturated rings. The lowest BCUT2D eigenvalue weighted by Crippen LogP contribution is -2.44. The molecule has 7 heteroatoms. The highest BCUT2D eigenvalue weighted by Gasteiger charge is 2.37. The van der Waals surface area contributed by atoms with E-state index >= 15 is 0 Å². The summed E-state index contributed by atoms with van der Waals surface area (Å²) in [5.41, 5.74) is 7.82. The van der Waals surface area contributed by atoms with Crippen LogP contribution in [0.3, 0.4) is 0 Å². The molecule has 1 aromatic heterocycles. The lowest BCUT2D eigenvalue weighted by atomic mass is 9.87. The highest BCUT2D eigenvalue weighted by molar-refractivity contribution is 6.07. The van der Waals surface area contributed by atoms with E-state index in [4.69, 9.17) is 9.47 Å². The molecule has 2 aliphatic heterocycles. The standard InChI is InChI=1S/C34H47N3O4/c1-21-9-12-25(13-10-21)29-27-19-23(3)37-18-16-35(15-17-36-22(2)11-14-26(36)20-40-8)30(31(27)37)24(4)28(29)32(33(38)39)41-34(5,6)7/h9-10,12-13,19,22,26,32H,11,14-18,20H2,1-8H3,(H,38,39)/t22?,26?,32-/m0/s1. The van der Waals surface area contributed by atoms with Crippen LogP contribution in [0.2, 0.25) is 0 Å². The zero-order chi connectivity index (χ0) is 29.6. The maximum absolute atomic E-state index is 12.9. The fraction of sp³-hybridized carbons (Fsp3) is 0.559. The van der Waals surface area contributed by atoms with Crippen LogP contribution >= 0.6 is 0 Å². The minimum atomic E-state index is -1.09. The van der Waals surface area contributed by atoms with Crippen molar-refractivity contribution in [3.8, 4) is 11.1 Å². The van der Waals surface area contributed by atoms with E-state index in [9.17, 15) is 9.90 Å². The minimum Gasteiger partial charge on any atom is -0.479 e. The van der Waals surface area contributed by atoms with Crippen molar-refractivity contribution in [1.29, 1.82) is 0 Å². The van der Waals surface area contributed by atoms with Crippen molar-refractivity contribution >= 4 is 22.6 Å². The summed E-state index contributed by atoms with van der Waals surface area (Å²) in [6.45, 7) is 18.8. The van der Waals surface area contributed by atoms with Gasteiger partial charge in [0.2, 0.25) is 0 Å². The topological polar surface area (TPSA) is 67.2 Å². The number of carbonyl (C=O) groups is 1. The van der Waals surface area contributed by atoms with E-state index in [0.717, 1.165) is 66.1 Å². The van der Waals surface area contributed by atoms with Gasteiger partial charge in [0.15, 0.2) is 6.10 Å². The summed E-state index contributed by atoms with van der Waals surface area (Å²) in [6, 6.07) is 11.7. The summed E-state index contributed by atoms with van der Waals surface area (Å²) in [6.07, 6.45) is 1.27. The predicted octanol–water partition coefficient (Wildman–Crippen LogP) is 6.49. The van der Waals surface area contributed by atoms with E-state index in [0.29, 0.717) is 12.1 Å². The molecule has 2 aromatic carbocycles. The van der Waals surface area contributed by atoms with Crippen molar-refractivity contribution in [3.05, 3.63) is 52.7 Å². The molecule has 2 aliphatic rings. The Kier molecular flexibility index (Phi) is 8.25. The Morgan fingerprint density at radius 2 is 1.78 bits per heavy atom. The van der Waals surface area contributed by atoms with E-state index in [-0.39, 0.29) is 0 Å². The van der Waals surface area contributed by atoms with Crippen LogP contribution in [0.15, 0.2) is 30.3 Å². The number of likely N-dealkylation sites (tertiary alicyclic amines) is 1. The molecule has 3 atom stereocenters. The summed E-state index contributed by atoms with van der Waals surface area (Å²) >= 11 is 0. The molecule has 3 aromatic rings. The van der Waals surface area contributed by atoms with Gasteiger partial charge in [-0.05, 0) is 84.1 Å².